The number of ether oxygens (including phenoxy) is 2. The number of benzene rings is 3. The SMILES string of the molecule is CC(C)(C)OC(=O)COc1nc(N2C[C@H]3CC[C@@H](C2)N3)c2ccc(-c3cc(O)cc4ccccc34)c(F)c2n1. The van der Waals surface area contributed by atoms with E-state index in [4.69, 9.17) is 9.47 Å². The Morgan fingerprint density at radius 2 is 1.79 bits per heavy atom. The molecule has 6 rings (SSSR count). The number of nitrogens with zero attached hydrogens (tertiary/aromatic N) is 3. The number of nitrogens with one attached hydrogen (secondary N) is 1. The Kier molecular flexibility index (Phi) is 6.26. The van der Waals surface area contributed by atoms with Crippen LogP contribution in [-0.4, -0.2) is 58.4 Å². The maximum absolute atomic E-state index is 16.4. The Balaban J connectivity index is 1.46. The fraction of sp³-hybridized carbons (Fsp3) is 0.367. The molecule has 9 heteroatoms. The second kappa shape index (κ2) is 9.64. The zero-order valence-electron chi connectivity index (χ0n) is 22.2. The number of halogens is 1. The van der Waals surface area contributed by atoms with Crippen molar-refractivity contribution in [1.29, 1.82) is 0 Å². The van der Waals surface area contributed by atoms with Crippen molar-refractivity contribution in [3.8, 4) is 22.9 Å². The Labute approximate surface area is 225 Å². The molecule has 39 heavy (non-hydrogen) atoms. The molecule has 2 N–H and O–H groups in total. The predicted octanol–water partition coefficient (Wildman–Crippen LogP) is 4.96. The van der Waals surface area contributed by atoms with Crippen molar-refractivity contribution < 1.29 is 23.8 Å². The topological polar surface area (TPSA) is 96.8 Å². The Bertz CT molecular complexity index is 1570. The second-order valence-corrected chi connectivity index (χ2v) is 11.3. The van der Waals surface area contributed by atoms with Gasteiger partial charge in [-0.1, -0.05) is 30.3 Å². The van der Waals surface area contributed by atoms with Crippen LogP contribution in [0.2, 0.25) is 0 Å². The number of aromatic hydroxyl groups is 1. The predicted molar refractivity (Wildman–Crippen MR) is 148 cm³/mol. The molecular weight excluding hydrogens is 499 g/mol. The van der Waals surface area contributed by atoms with Gasteiger partial charge in [0.1, 0.15) is 22.7 Å². The van der Waals surface area contributed by atoms with Crippen LogP contribution in [0.25, 0.3) is 32.8 Å². The number of hydrogen-bond donors (Lipinski definition) is 2. The summed E-state index contributed by atoms with van der Waals surface area (Å²) in [6, 6.07) is 14.8. The lowest BCUT2D eigenvalue weighted by atomic mass is 9.96. The van der Waals surface area contributed by atoms with E-state index >= 15 is 4.39 Å². The second-order valence-electron chi connectivity index (χ2n) is 11.3. The molecule has 2 aliphatic rings. The van der Waals surface area contributed by atoms with E-state index < -0.39 is 24.0 Å². The maximum atomic E-state index is 16.4. The molecule has 3 aromatic carbocycles. The largest absolute Gasteiger partial charge is 0.508 e. The van der Waals surface area contributed by atoms with Crippen LogP contribution in [0.5, 0.6) is 11.8 Å². The molecule has 0 unspecified atom stereocenters. The average Bonchev–Trinajstić information content (AvgIpc) is 3.23. The van der Waals surface area contributed by atoms with Crippen LogP contribution in [0.4, 0.5) is 10.2 Å². The summed E-state index contributed by atoms with van der Waals surface area (Å²) in [4.78, 5) is 23.5. The van der Waals surface area contributed by atoms with Gasteiger partial charge in [-0.3, -0.25) is 0 Å². The quantitative estimate of drug-likeness (QED) is 0.350. The van der Waals surface area contributed by atoms with Crippen molar-refractivity contribution in [2.75, 3.05) is 24.6 Å². The maximum Gasteiger partial charge on any atom is 0.344 e. The van der Waals surface area contributed by atoms with E-state index in [9.17, 15) is 9.90 Å². The van der Waals surface area contributed by atoms with E-state index in [1.165, 1.54) is 0 Å². The summed E-state index contributed by atoms with van der Waals surface area (Å²) in [5.41, 5.74) is 0.287. The number of carbonyl (C=O) groups excluding carboxylic acids is 1. The highest BCUT2D eigenvalue weighted by Gasteiger charge is 2.34. The standard InChI is InChI=1S/C30H31FN4O4/c1-30(2,3)39-25(37)16-38-29-33-27-23(28(34-29)35-14-18-8-9-19(15-35)32-18)11-10-22(26(27)31)24-13-20(36)12-17-6-4-5-7-21(17)24/h4-7,10-13,18-19,32,36H,8-9,14-16H2,1-3H3/t18-,19+. The van der Waals surface area contributed by atoms with Crippen LogP contribution in [0.15, 0.2) is 48.5 Å². The van der Waals surface area contributed by atoms with Gasteiger partial charge in [-0.15, -0.1) is 0 Å². The first-order valence-corrected chi connectivity index (χ1v) is 13.2. The van der Waals surface area contributed by atoms with Crippen LogP contribution >= 0.6 is 0 Å². The molecule has 0 aliphatic carbocycles. The first kappa shape index (κ1) is 25.3. The number of esters is 1. The van der Waals surface area contributed by atoms with Crippen LogP contribution in [0.3, 0.4) is 0 Å². The highest BCUT2D eigenvalue weighted by Crippen LogP contribution is 2.38. The Morgan fingerprint density at radius 3 is 2.54 bits per heavy atom. The molecule has 1 aromatic heterocycles. The number of aromatic nitrogens is 2. The third-order valence-electron chi connectivity index (χ3n) is 7.16. The summed E-state index contributed by atoms with van der Waals surface area (Å²) in [5, 5.41) is 16.1. The molecule has 2 atom stereocenters. The Hall–Kier alpha value is -3.98. The fourth-order valence-corrected chi connectivity index (χ4v) is 5.62. The molecule has 3 heterocycles. The third kappa shape index (κ3) is 5.06. The van der Waals surface area contributed by atoms with E-state index in [2.05, 4.69) is 20.2 Å². The van der Waals surface area contributed by atoms with Gasteiger partial charge >= 0.3 is 12.0 Å². The molecule has 2 fully saturated rings. The number of hydrogen-bond acceptors (Lipinski definition) is 8. The minimum atomic E-state index is -0.666. The number of phenols is 1. The summed E-state index contributed by atoms with van der Waals surface area (Å²) < 4.78 is 27.4. The molecule has 0 amide bonds. The van der Waals surface area contributed by atoms with Crippen LogP contribution < -0.4 is 15.0 Å². The monoisotopic (exact) mass is 530 g/mol. The lowest BCUT2D eigenvalue weighted by Crippen LogP contribution is -2.51. The Morgan fingerprint density at radius 1 is 1.05 bits per heavy atom. The molecule has 0 saturated carbocycles. The van der Waals surface area contributed by atoms with E-state index in [-0.39, 0.29) is 17.3 Å². The number of carbonyl (C=O) groups is 1. The molecule has 8 nitrogen and oxygen atoms in total. The molecule has 2 saturated heterocycles. The average molecular weight is 531 g/mol. The van der Waals surface area contributed by atoms with Crippen LogP contribution in [-0.2, 0) is 9.53 Å². The fourth-order valence-electron chi connectivity index (χ4n) is 5.62. The molecular formula is C30H31FN4O4. The number of piperazine rings is 1. The van der Waals surface area contributed by atoms with Gasteiger partial charge in [0.25, 0.3) is 0 Å². The summed E-state index contributed by atoms with van der Waals surface area (Å²) >= 11 is 0. The molecule has 202 valence electrons. The van der Waals surface area contributed by atoms with Gasteiger partial charge in [0.2, 0.25) is 0 Å². The highest BCUT2D eigenvalue weighted by atomic mass is 19.1. The molecule has 2 bridgehead atoms. The van der Waals surface area contributed by atoms with E-state index in [1.807, 2.05) is 30.3 Å². The zero-order chi connectivity index (χ0) is 27.3. The number of fused-ring (bicyclic) bond motifs is 4. The van der Waals surface area contributed by atoms with Crippen molar-refractivity contribution >= 4 is 33.5 Å². The van der Waals surface area contributed by atoms with E-state index in [0.717, 1.165) is 36.7 Å². The smallest absolute Gasteiger partial charge is 0.344 e. The van der Waals surface area contributed by atoms with Crippen molar-refractivity contribution in [1.82, 2.24) is 15.3 Å². The number of anilines is 1. The van der Waals surface area contributed by atoms with Crippen molar-refractivity contribution in [3.63, 3.8) is 0 Å². The minimum absolute atomic E-state index is 0.0456. The zero-order valence-corrected chi connectivity index (χ0v) is 22.2. The van der Waals surface area contributed by atoms with Crippen LogP contribution in [0.1, 0.15) is 33.6 Å². The van der Waals surface area contributed by atoms with Gasteiger partial charge in [0.15, 0.2) is 12.4 Å². The molecule has 2 aliphatic heterocycles. The molecule has 4 aromatic rings. The van der Waals surface area contributed by atoms with E-state index in [0.29, 0.717) is 34.4 Å². The van der Waals surface area contributed by atoms with Crippen molar-refractivity contribution in [2.45, 2.75) is 51.3 Å². The van der Waals surface area contributed by atoms with Gasteiger partial charge in [0, 0.05) is 36.1 Å². The minimum Gasteiger partial charge on any atom is -0.508 e. The first-order valence-electron chi connectivity index (χ1n) is 13.2. The van der Waals surface area contributed by atoms with Crippen molar-refractivity contribution in [2.24, 2.45) is 0 Å². The van der Waals surface area contributed by atoms with Gasteiger partial charge in [-0.2, -0.15) is 9.97 Å². The van der Waals surface area contributed by atoms with Crippen LogP contribution in [0, 0.1) is 5.82 Å². The summed E-state index contributed by atoms with van der Waals surface area (Å²) in [7, 11) is 0. The van der Waals surface area contributed by atoms with Gasteiger partial charge in [0.05, 0.1) is 0 Å². The van der Waals surface area contributed by atoms with Gasteiger partial charge in [-0.05, 0) is 68.1 Å². The molecule has 0 radical (unpaired) electrons. The lowest BCUT2D eigenvalue weighted by Gasteiger charge is -2.34. The third-order valence-corrected chi connectivity index (χ3v) is 7.16. The molecule has 0 spiro atoms. The van der Waals surface area contributed by atoms with Crippen molar-refractivity contribution in [3.05, 3.63) is 54.3 Å². The number of rotatable bonds is 5. The van der Waals surface area contributed by atoms with Gasteiger partial charge in [-0.25, -0.2) is 9.18 Å². The first-order chi connectivity index (χ1) is 18.6. The highest BCUT2D eigenvalue weighted by molar-refractivity contribution is 6.01. The normalized spacial score (nSPS) is 19.0. The lowest BCUT2D eigenvalue weighted by molar-refractivity contribution is -0.157. The number of phenolic OH excluding ortho intramolecular Hbond substituents is 1. The van der Waals surface area contributed by atoms with E-state index in [1.54, 1.807) is 39.0 Å². The van der Waals surface area contributed by atoms with Gasteiger partial charge < -0.3 is 24.8 Å². The summed E-state index contributed by atoms with van der Waals surface area (Å²) in [5.74, 6) is -0.492. The summed E-state index contributed by atoms with van der Waals surface area (Å²) in [6.07, 6.45) is 2.16. The summed E-state index contributed by atoms with van der Waals surface area (Å²) in [6.45, 7) is 6.39.